The van der Waals surface area contributed by atoms with Gasteiger partial charge in [-0.25, -0.2) is 0 Å². The summed E-state index contributed by atoms with van der Waals surface area (Å²) in [6, 6.07) is 27.3. The number of hydrogen-bond acceptors (Lipinski definition) is 2. The SMILES string of the molecule is CC(C)C1=CC=C(NC(c2ccccc2)c2cccc(-c3ccccc3)n2)CC1. The van der Waals surface area contributed by atoms with Crippen LogP contribution in [0, 0.1) is 5.92 Å². The molecule has 0 fully saturated rings. The van der Waals surface area contributed by atoms with Crippen LogP contribution in [0.2, 0.25) is 0 Å². The second-order valence-electron chi connectivity index (χ2n) is 7.89. The highest BCUT2D eigenvalue weighted by Gasteiger charge is 2.18. The van der Waals surface area contributed by atoms with E-state index < -0.39 is 0 Å². The molecule has 0 spiro atoms. The lowest BCUT2D eigenvalue weighted by Crippen LogP contribution is -2.24. The summed E-state index contributed by atoms with van der Waals surface area (Å²) in [6.45, 7) is 4.54. The Morgan fingerprint density at radius 1 is 0.759 bits per heavy atom. The minimum atomic E-state index is 0.0279. The van der Waals surface area contributed by atoms with E-state index in [4.69, 9.17) is 4.98 Å². The quantitative estimate of drug-likeness (QED) is 0.515. The summed E-state index contributed by atoms with van der Waals surface area (Å²) in [5.74, 6) is 0.613. The van der Waals surface area contributed by atoms with Gasteiger partial charge in [0.2, 0.25) is 0 Å². The van der Waals surface area contributed by atoms with Crippen LogP contribution in [0.1, 0.15) is 44.0 Å². The van der Waals surface area contributed by atoms with Crippen LogP contribution in [0.15, 0.2) is 102 Å². The highest BCUT2D eigenvalue weighted by atomic mass is 15.0. The zero-order valence-electron chi connectivity index (χ0n) is 17.2. The van der Waals surface area contributed by atoms with Crippen molar-refractivity contribution in [3.05, 3.63) is 114 Å². The Morgan fingerprint density at radius 2 is 1.48 bits per heavy atom. The Bertz CT molecular complexity index is 1000. The molecule has 1 atom stereocenters. The topological polar surface area (TPSA) is 24.9 Å². The molecular formula is C27H28N2. The molecule has 1 unspecified atom stereocenters. The summed E-state index contributed by atoms with van der Waals surface area (Å²) in [6.07, 6.45) is 6.70. The van der Waals surface area contributed by atoms with E-state index in [0.717, 1.165) is 29.8 Å². The van der Waals surface area contributed by atoms with Gasteiger partial charge in [-0.2, -0.15) is 0 Å². The van der Waals surface area contributed by atoms with Crippen molar-refractivity contribution in [3.63, 3.8) is 0 Å². The van der Waals surface area contributed by atoms with E-state index in [2.05, 4.69) is 104 Å². The van der Waals surface area contributed by atoms with Gasteiger partial charge in [0.25, 0.3) is 0 Å². The molecule has 1 aliphatic carbocycles. The second kappa shape index (κ2) is 8.91. The predicted octanol–water partition coefficient (Wildman–Crippen LogP) is 6.69. The molecule has 29 heavy (non-hydrogen) atoms. The third kappa shape index (κ3) is 4.65. The summed E-state index contributed by atoms with van der Waals surface area (Å²) in [5.41, 5.74) is 7.21. The van der Waals surface area contributed by atoms with Crippen LogP contribution in [0.3, 0.4) is 0 Å². The molecule has 3 aromatic rings. The third-order valence-electron chi connectivity index (χ3n) is 5.52. The van der Waals surface area contributed by atoms with Gasteiger partial charge in [-0.05, 0) is 42.5 Å². The highest BCUT2D eigenvalue weighted by Crippen LogP contribution is 2.28. The average Bonchev–Trinajstić information content (AvgIpc) is 2.79. The first kappa shape index (κ1) is 19.2. The number of nitrogens with one attached hydrogen (secondary N) is 1. The number of nitrogens with zero attached hydrogens (tertiary/aromatic N) is 1. The van der Waals surface area contributed by atoms with Crippen LogP contribution in [0.5, 0.6) is 0 Å². The Hall–Kier alpha value is -3.13. The van der Waals surface area contributed by atoms with E-state index in [1.54, 1.807) is 0 Å². The summed E-state index contributed by atoms with van der Waals surface area (Å²) in [7, 11) is 0. The first-order chi connectivity index (χ1) is 14.2. The fraction of sp³-hybridized carbons (Fsp3) is 0.222. The van der Waals surface area contributed by atoms with Crippen LogP contribution in [0.25, 0.3) is 11.3 Å². The Balaban J connectivity index is 1.68. The van der Waals surface area contributed by atoms with Crippen molar-refractivity contribution in [1.29, 1.82) is 0 Å². The molecule has 1 aliphatic rings. The van der Waals surface area contributed by atoms with Crippen molar-refractivity contribution in [2.45, 2.75) is 32.7 Å². The van der Waals surface area contributed by atoms with Crippen molar-refractivity contribution >= 4 is 0 Å². The smallest absolute Gasteiger partial charge is 0.0937 e. The average molecular weight is 381 g/mol. The molecule has 4 rings (SSSR count). The fourth-order valence-corrected chi connectivity index (χ4v) is 3.80. The number of allylic oxidation sites excluding steroid dienone is 4. The van der Waals surface area contributed by atoms with Gasteiger partial charge in [0.05, 0.1) is 17.4 Å². The van der Waals surface area contributed by atoms with Crippen molar-refractivity contribution in [1.82, 2.24) is 10.3 Å². The van der Waals surface area contributed by atoms with E-state index in [1.165, 1.54) is 16.8 Å². The first-order valence-corrected chi connectivity index (χ1v) is 10.4. The number of hydrogen-bond donors (Lipinski definition) is 1. The molecule has 0 aliphatic heterocycles. The molecule has 0 amide bonds. The first-order valence-electron chi connectivity index (χ1n) is 10.4. The van der Waals surface area contributed by atoms with Crippen molar-refractivity contribution in [2.75, 3.05) is 0 Å². The molecule has 1 heterocycles. The Kier molecular flexibility index (Phi) is 5.90. The van der Waals surface area contributed by atoms with Crippen molar-refractivity contribution < 1.29 is 0 Å². The van der Waals surface area contributed by atoms with Crippen LogP contribution in [-0.4, -0.2) is 4.98 Å². The zero-order chi connectivity index (χ0) is 20.1. The summed E-state index contributed by atoms with van der Waals surface area (Å²) in [5, 5.41) is 3.78. The van der Waals surface area contributed by atoms with Crippen LogP contribution >= 0.6 is 0 Å². The minimum Gasteiger partial charge on any atom is -0.376 e. The van der Waals surface area contributed by atoms with E-state index in [-0.39, 0.29) is 6.04 Å². The fourth-order valence-electron chi connectivity index (χ4n) is 3.80. The molecule has 2 heteroatoms. The summed E-state index contributed by atoms with van der Waals surface area (Å²) in [4.78, 5) is 5.02. The number of aromatic nitrogens is 1. The van der Waals surface area contributed by atoms with Gasteiger partial charge in [-0.1, -0.05) is 92.2 Å². The van der Waals surface area contributed by atoms with E-state index in [9.17, 15) is 0 Å². The van der Waals surface area contributed by atoms with Gasteiger partial charge in [-0.3, -0.25) is 4.98 Å². The van der Waals surface area contributed by atoms with E-state index >= 15 is 0 Å². The standard InChI is InChI=1S/C27H28N2/c1-20(2)21-16-18-24(19-17-21)28-27(23-12-7-4-8-13-23)26-15-9-14-25(29-26)22-10-5-3-6-11-22/h3-16,18,20,27-28H,17,19H2,1-2H3. The van der Waals surface area contributed by atoms with E-state index in [0.29, 0.717) is 5.92 Å². The number of rotatable bonds is 6. The lowest BCUT2D eigenvalue weighted by Gasteiger charge is -2.25. The molecular weight excluding hydrogens is 352 g/mol. The molecule has 1 aromatic heterocycles. The maximum atomic E-state index is 5.02. The number of pyridine rings is 1. The van der Waals surface area contributed by atoms with Gasteiger partial charge in [0.1, 0.15) is 0 Å². The van der Waals surface area contributed by atoms with Crippen LogP contribution in [-0.2, 0) is 0 Å². The molecule has 1 N–H and O–H groups in total. The minimum absolute atomic E-state index is 0.0279. The molecule has 0 radical (unpaired) electrons. The third-order valence-corrected chi connectivity index (χ3v) is 5.52. The monoisotopic (exact) mass is 380 g/mol. The molecule has 0 saturated carbocycles. The Morgan fingerprint density at radius 3 is 2.14 bits per heavy atom. The van der Waals surface area contributed by atoms with Gasteiger partial charge >= 0.3 is 0 Å². The van der Waals surface area contributed by atoms with Crippen molar-refractivity contribution in [3.8, 4) is 11.3 Å². The summed E-state index contributed by atoms with van der Waals surface area (Å²) < 4.78 is 0. The highest BCUT2D eigenvalue weighted by molar-refractivity contribution is 5.59. The molecule has 0 saturated heterocycles. The number of benzene rings is 2. The van der Waals surface area contributed by atoms with Gasteiger partial charge in [0.15, 0.2) is 0 Å². The summed E-state index contributed by atoms with van der Waals surface area (Å²) >= 11 is 0. The molecule has 2 nitrogen and oxygen atoms in total. The van der Waals surface area contributed by atoms with Gasteiger partial charge in [0, 0.05) is 11.3 Å². The molecule has 0 bridgehead atoms. The Labute approximate surface area is 174 Å². The lowest BCUT2D eigenvalue weighted by atomic mass is 9.93. The maximum absolute atomic E-state index is 5.02. The predicted molar refractivity (Wildman–Crippen MR) is 121 cm³/mol. The molecule has 2 aromatic carbocycles. The van der Waals surface area contributed by atoms with Crippen LogP contribution in [0.4, 0.5) is 0 Å². The van der Waals surface area contributed by atoms with E-state index in [1.807, 2.05) is 6.07 Å². The van der Waals surface area contributed by atoms with Crippen LogP contribution < -0.4 is 5.32 Å². The second-order valence-corrected chi connectivity index (χ2v) is 7.89. The van der Waals surface area contributed by atoms with Gasteiger partial charge in [-0.15, -0.1) is 0 Å². The lowest BCUT2D eigenvalue weighted by molar-refractivity contribution is 0.619. The largest absolute Gasteiger partial charge is 0.376 e. The van der Waals surface area contributed by atoms with Crippen molar-refractivity contribution in [2.24, 2.45) is 5.92 Å². The normalized spacial score (nSPS) is 14.9. The molecule has 146 valence electrons. The van der Waals surface area contributed by atoms with Gasteiger partial charge < -0.3 is 5.32 Å². The zero-order valence-corrected chi connectivity index (χ0v) is 17.2. The maximum Gasteiger partial charge on any atom is 0.0937 e.